The van der Waals surface area contributed by atoms with Crippen LogP contribution >= 0.6 is 15.9 Å². The molecule has 2 aromatic carbocycles. The SMILES string of the molecule is O=Cc1ccc(O)c(-c2cccc(Br)c2)c1. The first-order valence-electron chi connectivity index (χ1n) is 4.75. The van der Waals surface area contributed by atoms with Crippen molar-refractivity contribution < 1.29 is 9.90 Å². The molecule has 0 aliphatic rings. The molecule has 0 spiro atoms. The number of aromatic hydroxyl groups is 1. The third-order valence-electron chi connectivity index (χ3n) is 2.29. The zero-order valence-electron chi connectivity index (χ0n) is 8.35. The third kappa shape index (κ3) is 2.14. The fourth-order valence-corrected chi connectivity index (χ4v) is 1.91. The molecule has 16 heavy (non-hydrogen) atoms. The maximum atomic E-state index is 10.7. The van der Waals surface area contributed by atoms with Gasteiger partial charge in [-0.05, 0) is 35.9 Å². The van der Waals surface area contributed by atoms with Crippen molar-refractivity contribution in [1.82, 2.24) is 0 Å². The smallest absolute Gasteiger partial charge is 0.150 e. The van der Waals surface area contributed by atoms with Crippen LogP contribution in [0.25, 0.3) is 11.1 Å². The van der Waals surface area contributed by atoms with E-state index in [4.69, 9.17) is 0 Å². The van der Waals surface area contributed by atoms with Gasteiger partial charge in [-0.1, -0.05) is 28.1 Å². The lowest BCUT2D eigenvalue weighted by atomic mass is 10.0. The zero-order valence-corrected chi connectivity index (χ0v) is 9.94. The second kappa shape index (κ2) is 4.49. The Bertz CT molecular complexity index is 535. The van der Waals surface area contributed by atoms with Gasteiger partial charge in [-0.25, -0.2) is 0 Å². The Morgan fingerprint density at radius 2 is 1.94 bits per heavy atom. The Morgan fingerprint density at radius 3 is 2.62 bits per heavy atom. The van der Waals surface area contributed by atoms with Crippen molar-refractivity contribution >= 4 is 22.2 Å². The van der Waals surface area contributed by atoms with Crippen LogP contribution in [0.3, 0.4) is 0 Å². The molecule has 2 rings (SSSR count). The molecule has 0 heterocycles. The summed E-state index contributed by atoms with van der Waals surface area (Å²) in [6, 6.07) is 12.3. The van der Waals surface area contributed by atoms with E-state index in [0.29, 0.717) is 11.1 Å². The van der Waals surface area contributed by atoms with Crippen molar-refractivity contribution in [3.8, 4) is 16.9 Å². The maximum Gasteiger partial charge on any atom is 0.150 e. The molecule has 0 saturated heterocycles. The number of rotatable bonds is 2. The van der Waals surface area contributed by atoms with Crippen molar-refractivity contribution in [3.63, 3.8) is 0 Å². The first-order chi connectivity index (χ1) is 7.70. The summed E-state index contributed by atoms with van der Waals surface area (Å²) >= 11 is 3.37. The number of aldehydes is 1. The molecule has 2 nitrogen and oxygen atoms in total. The lowest BCUT2D eigenvalue weighted by molar-refractivity contribution is 0.112. The fourth-order valence-electron chi connectivity index (χ4n) is 1.51. The Kier molecular flexibility index (Phi) is 3.06. The first-order valence-corrected chi connectivity index (χ1v) is 5.54. The van der Waals surface area contributed by atoms with Crippen molar-refractivity contribution in [2.75, 3.05) is 0 Å². The Balaban J connectivity index is 2.58. The summed E-state index contributed by atoms with van der Waals surface area (Å²) in [6.45, 7) is 0. The van der Waals surface area contributed by atoms with Crippen LogP contribution < -0.4 is 0 Å². The molecule has 0 unspecified atom stereocenters. The Labute approximate surface area is 102 Å². The molecule has 0 saturated carbocycles. The van der Waals surface area contributed by atoms with Gasteiger partial charge in [0.15, 0.2) is 0 Å². The van der Waals surface area contributed by atoms with E-state index >= 15 is 0 Å². The predicted octanol–water partition coefficient (Wildman–Crippen LogP) is 3.63. The molecule has 0 aliphatic carbocycles. The molecular formula is C13H9BrO2. The minimum atomic E-state index is 0.170. The highest BCUT2D eigenvalue weighted by molar-refractivity contribution is 9.10. The topological polar surface area (TPSA) is 37.3 Å². The van der Waals surface area contributed by atoms with Gasteiger partial charge in [0.25, 0.3) is 0 Å². The standard InChI is InChI=1S/C13H9BrO2/c14-11-3-1-2-10(7-11)12-6-9(8-15)4-5-13(12)16/h1-8,16H. The summed E-state index contributed by atoms with van der Waals surface area (Å²) in [5.41, 5.74) is 2.08. The second-order valence-electron chi connectivity index (χ2n) is 3.40. The predicted molar refractivity (Wildman–Crippen MR) is 66.6 cm³/mol. The van der Waals surface area contributed by atoms with E-state index in [1.807, 2.05) is 24.3 Å². The highest BCUT2D eigenvalue weighted by atomic mass is 79.9. The molecule has 80 valence electrons. The van der Waals surface area contributed by atoms with E-state index in [2.05, 4.69) is 15.9 Å². The van der Waals surface area contributed by atoms with E-state index in [-0.39, 0.29) is 5.75 Å². The maximum absolute atomic E-state index is 10.7. The molecule has 0 aliphatic heterocycles. The van der Waals surface area contributed by atoms with Crippen LogP contribution in [-0.2, 0) is 0 Å². The van der Waals surface area contributed by atoms with Crippen LogP contribution in [0.2, 0.25) is 0 Å². The molecule has 1 N–H and O–H groups in total. The van der Waals surface area contributed by atoms with Crippen LogP contribution in [0.1, 0.15) is 10.4 Å². The van der Waals surface area contributed by atoms with Gasteiger partial charge in [0, 0.05) is 15.6 Å². The van der Waals surface area contributed by atoms with Gasteiger partial charge in [0.1, 0.15) is 12.0 Å². The van der Waals surface area contributed by atoms with Gasteiger partial charge in [-0.2, -0.15) is 0 Å². The first kappa shape index (κ1) is 10.9. The minimum absolute atomic E-state index is 0.170. The number of hydrogen-bond donors (Lipinski definition) is 1. The monoisotopic (exact) mass is 276 g/mol. The Morgan fingerprint density at radius 1 is 1.12 bits per heavy atom. The number of hydrogen-bond acceptors (Lipinski definition) is 2. The summed E-state index contributed by atoms with van der Waals surface area (Å²) < 4.78 is 0.931. The molecule has 0 radical (unpaired) electrons. The molecule has 0 atom stereocenters. The summed E-state index contributed by atoms with van der Waals surface area (Å²) in [6.07, 6.45) is 0.765. The summed E-state index contributed by atoms with van der Waals surface area (Å²) in [4.78, 5) is 10.7. The Hall–Kier alpha value is -1.61. The normalized spacial score (nSPS) is 10.1. The third-order valence-corrected chi connectivity index (χ3v) is 2.79. The number of carbonyl (C=O) groups excluding carboxylic acids is 1. The van der Waals surface area contributed by atoms with Crippen LogP contribution in [0.5, 0.6) is 5.75 Å². The van der Waals surface area contributed by atoms with Gasteiger partial charge in [0.05, 0.1) is 0 Å². The second-order valence-corrected chi connectivity index (χ2v) is 4.32. The highest BCUT2D eigenvalue weighted by Gasteiger charge is 2.05. The quantitative estimate of drug-likeness (QED) is 0.851. The lowest BCUT2D eigenvalue weighted by Crippen LogP contribution is -1.84. The van der Waals surface area contributed by atoms with Crippen molar-refractivity contribution in [2.24, 2.45) is 0 Å². The van der Waals surface area contributed by atoms with E-state index < -0.39 is 0 Å². The van der Waals surface area contributed by atoms with Gasteiger partial charge < -0.3 is 5.11 Å². The zero-order chi connectivity index (χ0) is 11.5. The van der Waals surface area contributed by atoms with Crippen LogP contribution in [0.4, 0.5) is 0 Å². The van der Waals surface area contributed by atoms with Crippen LogP contribution in [0.15, 0.2) is 46.9 Å². The molecule has 0 fully saturated rings. The average Bonchev–Trinajstić information content (AvgIpc) is 2.30. The molecule has 0 bridgehead atoms. The lowest BCUT2D eigenvalue weighted by Gasteiger charge is -2.05. The summed E-state index contributed by atoms with van der Waals surface area (Å²) in [7, 11) is 0. The number of phenols is 1. The van der Waals surface area contributed by atoms with Gasteiger partial charge in [0.2, 0.25) is 0 Å². The summed E-state index contributed by atoms with van der Waals surface area (Å²) in [5, 5.41) is 9.74. The molecule has 2 aromatic rings. The van der Waals surface area contributed by atoms with E-state index in [1.165, 1.54) is 6.07 Å². The van der Waals surface area contributed by atoms with Crippen LogP contribution in [0, 0.1) is 0 Å². The largest absolute Gasteiger partial charge is 0.507 e. The van der Waals surface area contributed by atoms with E-state index in [1.54, 1.807) is 12.1 Å². The van der Waals surface area contributed by atoms with Gasteiger partial charge in [-0.15, -0.1) is 0 Å². The molecular weight excluding hydrogens is 268 g/mol. The molecule has 0 aromatic heterocycles. The van der Waals surface area contributed by atoms with E-state index in [9.17, 15) is 9.90 Å². The average molecular weight is 277 g/mol. The fraction of sp³-hybridized carbons (Fsp3) is 0. The van der Waals surface area contributed by atoms with Gasteiger partial charge >= 0.3 is 0 Å². The molecule has 0 amide bonds. The van der Waals surface area contributed by atoms with Crippen molar-refractivity contribution in [2.45, 2.75) is 0 Å². The van der Waals surface area contributed by atoms with E-state index in [0.717, 1.165) is 16.3 Å². The number of benzene rings is 2. The van der Waals surface area contributed by atoms with Crippen LogP contribution in [-0.4, -0.2) is 11.4 Å². The number of phenolic OH excluding ortho intramolecular Hbond substituents is 1. The number of carbonyl (C=O) groups is 1. The number of halogens is 1. The minimum Gasteiger partial charge on any atom is -0.507 e. The van der Waals surface area contributed by atoms with Gasteiger partial charge in [-0.3, -0.25) is 4.79 Å². The van der Waals surface area contributed by atoms with Crippen molar-refractivity contribution in [1.29, 1.82) is 0 Å². The highest BCUT2D eigenvalue weighted by Crippen LogP contribution is 2.31. The molecule has 3 heteroatoms. The van der Waals surface area contributed by atoms with Crippen molar-refractivity contribution in [3.05, 3.63) is 52.5 Å². The summed E-state index contributed by atoms with van der Waals surface area (Å²) in [5.74, 6) is 0.170.